The zero-order valence-electron chi connectivity index (χ0n) is 19.9. The molecule has 2 aromatic heterocycles. The van der Waals surface area contributed by atoms with Crippen molar-refractivity contribution in [1.29, 1.82) is 5.26 Å². The molecule has 2 saturated heterocycles. The topological polar surface area (TPSA) is 61.0 Å². The third kappa shape index (κ3) is 3.85. The monoisotopic (exact) mass is 484 g/mol. The van der Waals surface area contributed by atoms with Gasteiger partial charge in [0.2, 0.25) is 0 Å². The molecule has 8 heteroatoms. The third-order valence-electron chi connectivity index (χ3n) is 7.21. The van der Waals surface area contributed by atoms with Gasteiger partial charge < -0.3 is 9.80 Å². The minimum absolute atomic E-state index is 0.0466. The summed E-state index contributed by atoms with van der Waals surface area (Å²) in [7, 11) is 0. The van der Waals surface area contributed by atoms with Crippen LogP contribution in [0.5, 0.6) is 0 Å². The second kappa shape index (κ2) is 9.23. The minimum Gasteiger partial charge on any atom is -0.371 e. The number of hydrogen-bond acceptors (Lipinski definition) is 5. The highest BCUT2D eigenvalue weighted by Gasteiger charge is 2.24. The molecule has 36 heavy (non-hydrogen) atoms. The van der Waals surface area contributed by atoms with E-state index in [2.05, 4.69) is 14.8 Å². The van der Waals surface area contributed by atoms with Gasteiger partial charge in [-0.25, -0.2) is 18.7 Å². The Labute approximate surface area is 208 Å². The summed E-state index contributed by atoms with van der Waals surface area (Å²) >= 11 is 0. The van der Waals surface area contributed by atoms with Crippen molar-refractivity contribution in [3.05, 3.63) is 65.9 Å². The zero-order valence-corrected chi connectivity index (χ0v) is 19.9. The van der Waals surface area contributed by atoms with Crippen LogP contribution in [-0.2, 0) is 0 Å². The second-order valence-electron chi connectivity index (χ2n) is 9.46. The van der Waals surface area contributed by atoms with Gasteiger partial charge >= 0.3 is 0 Å². The number of nitrogens with zero attached hydrogens (tertiary/aromatic N) is 6. The summed E-state index contributed by atoms with van der Waals surface area (Å²) in [6, 6.07) is 13.4. The molecule has 2 aliphatic heterocycles. The lowest BCUT2D eigenvalue weighted by molar-refractivity contribution is 0.578. The molecule has 0 bridgehead atoms. The van der Waals surface area contributed by atoms with E-state index in [1.54, 1.807) is 29.0 Å². The number of hydrogen-bond donors (Lipinski definition) is 0. The van der Waals surface area contributed by atoms with Crippen LogP contribution in [0.1, 0.15) is 37.7 Å². The Bertz CT molecular complexity index is 1480. The number of piperidine rings is 1. The standard InChI is InChI=1S/C28H26F2N6/c29-22-16-19(6-7-20(22)18-31)27-33-26-25(35-14-2-1-3-15-35)10-11-32-28(26)36(27)24-9-8-21(17-23(24)30)34-12-4-5-13-34/h6-11,16-17H,1-5,12-15H2. The smallest absolute Gasteiger partial charge is 0.167 e. The van der Waals surface area contributed by atoms with Crippen molar-refractivity contribution in [1.82, 2.24) is 14.5 Å². The van der Waals surface area contributed by atoms with Crippen LogP contribution in [0, 0.1) is 23.0 Å². The Balaban J connectivity index is 1.56. The second-order valence-corrected chi connectivity index (χ2v) is 9.46. The maximum Gasteiger partial charge on any atom is 0.167 e. The van der Waals surface area contributed by atoms with Crippen molar-refractivity contribution < 1.29 is 8.78 Å². The van der Waals surface area contributed by atoms with Crippen LogP contribution in [0.15, 0.2) is 48.7 Å². The molecule has 0 unspecified atom stereocenters. The first kappa shape index (κ1) is 22.5. The van der Waals surface area contributed by atoms with E-state index in [9.17, 15) is 9.65 Å². The summed E-state index contributed by atoms with van der Waals surface area (Å²) in [6.07, 6.45) is 7.34. The maximum atomic E-state index is 15.7. The first-order chi connectivity index (χ1) is 17.6. The van der Waals surface area contributed by atoms with Crippen LogP contribution < -0.4 is 9.80 Å². The lowest BCUT2D eigenvalue weighted by Crippen LogP contribution is -2.29. The molecule has 4 aromatic rings. The number of aromatic nitrogens is 3. The largest absolute Gasteiger partial charge is 0.371 e. The van der Waals surface area contributed by atoms with E-state index >= 15 is 4.39 Å². The van der Waals surface area contributed by atoms with E-state index < -0.39 is 5.82 Å². The normalized spacial score (nSPS) is 16.0. The van der Waals surface area contributed by atoms with Crippen molar-refractivity contribution >= 4 is 22.5 Å². The molecule has 0 saturated carbocycles. The van der Waals surface area contributed by atoms with Crippen LogP contribution in [-0.4, -0.2) is 40.7 Å². The van der Waals surface area contributed by atoms with E-state index in [1.807, 2.05) is 18.2 Å². The van der Waals surface area contributed by atoms with Gasteiger partial charge in [-0.3, -0.25) is 4.57 Å². The van der Waals surface area contributed by atoms with Crippen molar-refractivity contribution in [3.8, 4) is 23.1 Å². The molecule has 2 aliphatic rings. The molecule has 0 radical (unpaired) electrons. The van der Waals surface area contributed by atoms with Gasteiger partial charge in [-0.05, 0) is 74.6 Å². The summed E-state index contributed by atoms with van der Waals surface area (Å²) in [4.78, 5) is 14.0. The average molecular weight is 485 g/mol. The quantitative estimate of drug-likeness (QED) is 0.365. The van der Waals surface area contributed by atoms with Gasteiger partial charge in [0.05, 0.1) is 16.9 Å². The van der Waals surface area contributed by atoms with Crippen LogP contribution in [0.2, 0.25) is 0 Å². The van der Waals surface area contributed by atoms with E-state index in [1.165, 1.54) is 18.6 Å². The zero-order chi connectivity index (χ0) is 24.6. The number of halogens is 2. The van der Waals surface area contributed by atoms with Crippen LogP contribution in [0.25, 0.3) is 28.2 Å². The Morgan fingerprint density at radius 1 is 0.778 bits per heavy atom. The molecule has 0 aliphatic carbocycles. The van der Waals surface area contributed by atoms with Crippen molar-refractivity contribution in [2.24, 2.45) is 0 Å². The molecule has 6 rings (SSSR count). The minimum atomic E-state index is -0.636. The van der Waals surface area contributed by atoms with Gasteiger partial charge in [0.25, 0.3) is 0 Å². The highest BCUT2D eigenvalue weighted by molar-refractivity contribution is 5.90. The number of imidazole rings is 1. The van der Waals surface area contributed by atoms with E-state index in [4.69, 9.17) is 4.98 Å². The Morgan fingerprint density at radius 2 is 1.53 bits per heavy atom. The molecule has 0 atom stereocenters. The Morgan fingerprint density at radius 3 is 2.25 bits per heavy atom. The highest BCUT2D eigenvalue weighted by Crippen LogP contribution is 2.35. The molecular formula is C28H26F2N6. The predicted octanol–water partition coefficient (Wildman–Crippen LogP) is 5.83. The first-order valence-corrected chi connectivity index (χ1v) is 12.5. The third-order valence-corrected chi connectivity index (χ3v) is 7.21. The SMILES string of the molecule is N#Cc1ccc(-c2nc3c(N4CCCCC4)ccnc3n2-c2ccc(N3CCCC3)cc2F)cc1F. The summed E-state index contributed by atoms with van der Waals surface area (Å²) in [5.74, 6) is -0.639. The van der Waals surface area contributed by atoms with Gasteiger partial charge in [-0.1, -0.05) is 0 Å². The molecule has 2 fully saturated rings. The van der Waals surface area contributed by atoms with Crippen molar-refractivity contribution in [3.63, 3.8) is 0 Å². The molecular weight excluding hydrogens is 458 g/mol. The average Bonchev–Trinajstić information content (AvgIpc) is 3.58. The number of benzene rings is 2. The number of anilines is 2. The van der Waals surface area contributed by atoms with Crippen LogP contribution >= 0.6 is 0 Å². The number of rotatable bonds is 4. The fourth-order valence-electron chi connectivity index (χ4n) is 5.37. The predicted molar refractivity (Wildman–Crippen MR) is 136 cm³/mol. The van der Waals surface area contributed by atoms with Crippen molar-refractivity contribution in [2.75, 3.05) is 36.0 Å². The van der Waals surface area contributed by atoms with Gasteiger partial charge in [0.15, 0.2) is 5.65 Å². The van der Waals surface area contributed by atoms with Gasteiger partial charge in [0.1, 0.15) is 29.0 Å². The fourth-order valence-corrected chi connectivity index (χ4v) is 5.37. The molecule has 182 valence electrons. The van der Waals surface area contributed by atoms with E-state index in [0.29, 0.717) is 28.2 Å². The van der Waals surface area contributed by atoms with E-state index in [0.717, 1.165) is 63.2 Å². The maximum absolute atomic E-state index is 15.7. The molecule has 2 aromatic carbocycles. The summed E-state index contributed by atoms with van der Waals surface area (Å²) in [6.45, 7) is 3.68. The number of nitriles is 1. The highest BCUT2D eigenvalue weighted by atomic mass is 19.1. The van der Waals surface area contributed by atoms with Gasteiger partial charge in [-0.15, -0.1) is 0 Å². The fraction of sp³-hybridized carbons (Fsp3) is 0.321. The lowest BCUT2D eigenvalue weighted by atomic mass is 10.1. The van der Waals surface area contributed by atoms with Crippen molar-refractivity contribution in [2.45, 2.75) is 32.1 Å². The van der Waals surface area contributed by atoms with E-state index in [-0.39, 0.29) is 11.4 Å². The molecule has 0 N–H and O–H groups in total. The first-order valence-electron chi connectivity index (χ1n) is 12.5. The number of fused-ring (bicyclic) bond motifs is 1. The molecule has 0 amide bonds. The lowest BCUT2D eigenvalue weighted by Gasteiger charge is -2.28. The summed E-state index contributed by atoms with van der Waals surface area (Å²) < 4.78 is 32.0. The summed E-state index contributed by atoms with van der Waals surface area (Å²) in [5, 5.41) is 9.18. The van der Waals surface area contributed by atoms with Crippen LogP contribution in [0.3, 0.4) is 0 Å². The Hall–Kier alpha value is -3.99. The Kier molecular flexibility index (Phi) is 5.76. The van der Waals surface area contributed by atoms with Gasteiger partial charge in [-0.2, -0.15) is 5.26 Å². The summed E-state index contributed by atoms with van der Waals surface area (Å²) in [5.41, 5.74) is 3.69. The number of pyridine rings is 1. The van der Waals surface area contributed by atoms with Gasteiger partial charge in [0, 0.05) is 43.6 Å². The van der Waals surface area contributed by atoms with Crippen LogP contribution in [0.4, 0.5) is 20.2 Å². The molecule has 6 nitrogen and oxygen atoms in total. The molecule has 0 spiro atoms. The molecule has 4 heterocycles.